The predicted molar refractivity (Wildman–Crippen MR) is 142 cm³/mol. The number of hydrogen-bond acceptors (Lipinski definition) is 4. The van der Waals surface area contributed by atoms with Crippen LogP contribution in [0, 0.1) is 6.92 Å². The largest absolute Gasteiger partial charge is 0.350 e. The molecule has 2 rings (SSSR count). The number of amides is 2. The summed E-state index contributed by atoms with van der Waals surface area (Å²) in [6.07, 6.45) is 1.34. The molecule has 0 spiro atoms. The lowest BCUT2D eigenvalue weighted by Gasteiger charge is -2.34. The lowest BCUT2D eigenvalue weighted by molar-refractivity contribution is -0.141. The van der Waals surface area contributed by atoms with E-state index in [1.807, 2.05) is 58.9 Å². The second-order valence-electron chi connectivity index (χ2n) is 9.54. The highest BCUT2D eigenvalue weighted by Crippen LogP contribution is 2.31. The van der Waals surface area contributed by atoms with E-state index in [0.29, 0.717) is 6.42 Å². The van der Waals surface area contributed by atoms with Crippen molar-refractivity contribution < 1.29 is 18.0 Å². The van der Waals surface area contributed by atoms with E-state index in [1.165, 1.54) is 23.1 Å². The zero-order chi connectivity index (χ0) is 26.6. The molecule has 0 saturated carbocycles. The van der Waals surface area contributed by atoms with Crippen LogP contribution in [-0.2, 0) is 26.2 Å². The molecule has 2 aromatic rings. The number of carbonyl (C=O) groups excluding carboxylic acids is 2. The first kappa shape index (κ1) is 28.9. The Balaban J connectivity index is 2.51. The Morgan fingerprint density at radius 3 is 2.29 bits per heavy atom. The normalized spacial score (nSPS) is 12.7. The first-order valence-corrected chi connectivity index (χ1v) is 13.8. The summed E-state index contributed by atoms with van der Waals surface area (Å²) in [7, 11) is -3.90. The average molecular weight is 543 g/mol. The van der Waals surface area contributed by atoms with Gasteiger partial charge in [0, 0.05) is 17.1 Å². The van der Waals surface area contributed by atoms with E-state index in [1.54, 1.807) is 0 Å². The highest BCUT2D eigenvalue weighted by molar-refractivity contribution is 7.92. The smallest absolute Gasteiger partial charge is 0.244 e. The molecule has 2 aromatic carbocycles. The molecular weight excluding hydrogens is 509 g/mol. The van der Waals surface area contributed by atoms with Crippen molar-refractivity contribution in [2.24, 2.45) is 0 Å². The van der Waals surface area contributed by atoms with E-state index >= 15 is 0 Å². The SMILES string of the molecule is CC[C@@H](C(=O)NC(C)(C)C)N(Cc1cccc(C)c1)C(=O)CN(c1cc(Cl)ccc1Cl)S(C)(=O)=O. The molecule has 0 fully saturated rings. The van der Waals surface area contributed by atoms with Gasteiger partial charge in [0.25, 0.3) is 0 Å². The van der Waals surface area contributed by atoms with E-state index in [0.717, 1.165) is 21.7 Å². The summed E-state index contributed by atoms with van der Waals surface area (Å²) >= 11 is 12.3. The van der Waals surface area contributed by atoms with Crippen molar-refractivity contribution in [1.29, 1.82) is 0 Å². The number of anilines is 1. The van der Waals surface area contributed by atoms with E-state index in [2.05, 4.69) is 5.32 Å². The third-order valence-electron chi connectivity index (χ3n) is 5.18. The van der Waals surface area contributed by atoms with Gasteiger partial charge >= 0.3 is 0 Å². The molecule has 1 atom stereocenters. The summed E-state index contributed by atoms with van der Waals surface area (Å²) in [5.74, 6) is -0.850. The fourth-order valence-electron chi connectivity index (χ4n) is 3.65. The Labute approximate surface area is 218 Å². The first-order chi connectivity index (χ1) is 16.1. The van der Waals surface area contributed by atoms with Crippen LogP contribution in [0.4, 0.5) is 5.69 Å². The molecule has 0 heterocycles. The van der Waals surface area contributed by atoms with E-state index < -0.39 is 34.1 Å². The third kappa shape index (κ3) is 8.40. The minimum absolute atomic E-state index is 0.0951. The molecule has 0 radical (unpaired) electrons. The van der Waals surface area contributed by atoms with Gasteiger partial charge < -0.3 is 10.2 Å². The van der Waals surface area contributed by atoms with Crippen molar-refractivity contribution in [3.63, 3.8) is 0 Å². The molecule has 0 aliphatic carbocycles. The van der Waals surface area contributed by atoms with Gasteiger partial charge in [-0.25, -0.2) is 8.42 Å². The molecule has 192 valence electrons. The van der Waals surface area contributed by atoms with Crippen LogP contribution in [0.15, 0.2) is 42.5 Å². The quantitative estimate of drug-likeness (QED) is 0.494. The number of aryl methyl sites for hydroxylation is 1. The second-order valence-corrected chi connectivity index (χ2v) is 12.3. The van der Waals surface area contributed by atoms with Crippen LogP contribution in [-0.4, -0.2) is 49.5 Å². The zero-order valence-corrected chi connectivity index (χ0v) is 23.3. The van der Waals surface area contributed by atoms with Crippen LogP contribution < -0.4 is 9.62 Å². The van der Waals surface area contributed by atoms with Crippen molar-refractivity contribution in [3.05, 3.63) is 63.6 Å². The van der Waals surface area contributed by atoms with Gasteiger partial charge in [-0.3, -0.25) is 13.9 Å². The van der Waals surface area contributed by atoms with E-state index in [4.69, 9.17) is 23.2 Å². The van der Waals surface area contributed by atoms with Crippen molar-refractivity contribution in [3.8, 4) is 0 Å². The van der Waals surface area contributed by atoms with E-state index in [-0.39, 0.29) is 28.2 Å². The molecule has 0 aromatic heterocycles. The fourth-order valence-corrected chi connectivity index (χ4v) is 4.94. The standard InChI is InChI=1S/C25H33Cl2N3O4S/c1-7-21(24(32)28-25(3,4)5)29(15-18-10-8-9-17(2)13-18)23(31)16-30(35(6,33)34)22-14-19(26)11-12-20(22)27/h8-14,21H,7,15-16H2,1-6H3,(H,28,32)/t21-/m0/s1. The molecule has 1 N–H and O–H groups in total. The minimum atomic E-state index is -3.90. The lowest BCUT2D eigenvalue weighted by atomic mass is 10.0. The summed E-state index contributed by atoms with van der Waals surface area (Å²) in [6.45, 7) is 8.92. The maximum absolute atomic E-state index is 13.7. The van der Waals surface area contributed by atoms with Gasteiger partial charge in [0.1, 0.15) is 12.6 Å². The number of sulfonamides is 1. The Morgan fingerprint density at radius 2 is 1.74 bits per heavy atom. The number of rotatable bonds is 9. The summed E-state index contributed by atoms with van der Waals surface area (Å²) < 4.78 is 26.3. The number of benzene rings is 2. The first-order valence-electron chi connectivity index (χ1n) is 11.2. The van der Waals surface area contributed by atoms with Crippen LogP contribution in [0.3, 0.4) is 0 Å². The topological polar surface area (TPSA) is 86.8 Å². The van der Waals surface area contributed by atoms with Crippen LogP contribution in [0.1, 0.15) is 45.2 Å². The average Bonchev–Trinajstić information content (AvgIpc) is 2.71. The molecule has 2 amide bonds. The third-order valence-corrected chi connectivity index (χ3v) is 6.86. The van der Waals surface area contributed by atoms with Crippen LogP contribution in [0.5, 0.6) is 0 Å². The molecule has 0 bridgehead atoms. The molecule has 0 unspecified atom stereocenters. The summed E-state index contributed by atoms with van der Waals surface area (Å²) in [4.78, 5) is 28.3. The molecule has 0 aliphatic rings. The summed E-state index contributed by atoms with van der Waals surface area (Å²) in [5, 5.41) is 3.34. The molecule has 0 saturated heterocycles. The van der Waals surface area contributed by atoms with Crippen molar-refractivity contribution in [2.75, 3.05) is 17.1 Å². The van der Waals surface area contributed by atoms with Gasteiger partial charge in [-0.2, -0.15) is 0 Å². The summed E-state index contributed by atoms with van der Waals surface area (Å²) in [5.41, 5.74) is 1.42. The van der Waals surface area contributed by atoms with Crippen LogP contribution in [0.2, 0.25) is 10.0 Å². The predicted octanol–water partition coefficient (Wildman–Crippen LogP) is 4.79. The number of carbonyl (C=O) groups is 2. The maximum atomic E-state index is 13.7. The Bertz CT molecular complexity index is 1180. The monoisotopic (exact) mass is 541 g/mol. The van der Waals surface area contributed by atoms with Gasteiger partial charge in [0.05, 0.1) is 17.0 Å². The van der Waals surface area contributed by atoms with Crippen molar-refractivity contribution in [2.45, 2.75) is 59.2 Å². The maximum Gasteiger partial charge on any atom is 0.244 e. The van der Waals surface area contributed by atoms with Crippen LogP contribution in [0.25, 0.3) is 0 Å². The van der Waals surface area contributed by atoms with Gasteiger partial charge in [0.2, 0.25) is 21.8 Å². The number of nitrogens with one attached hydrogen (secondary N) is 1. The zero-order valence-electron chi connectivity index (χ0n) is 20.9. The second kappa shape index (κ2) is 11.6. The number of halogens is 2. The fraction of sp³-hybridized carbons (Fsp3) is 0.440. The molecule has 35 heavy (non-hydrogen) atoms. The molecule has 7 nitrogen and oxygen atoms in total. The Kier molecular flexibility index (Phi) is 9.62. The molecule has 0 aliphatic heterocycles. The lowest BCUT2D eigenvalue weighted by Crippen LogP contribution is -2.55. The number of hydrogen-bond donors (Lipinski definition) is 1. The van der Waals surface area contributed by atoms with Gasteiger partial charge in [-0.1, -0.05) is 60.0 Å². The minimum Gasteiger partial charge on any atom is -0.350 e. The Morgan fingerprint density at radius 1 is 1.09 bits per heavy atom. The van der Waals surface area contributed by atoms with Gasteiger partial charge in [-0.15, -0.1) is 0 Å². The summed E-state index contributed by atoms with van der Waals surface area (Å²) in [6, 6.07) is 11.2. The molecule has 10 heteroatoms. The highest BCUT2D eigenvalue weighted by Gasteiger charge is 2.33. The highest BCUT2D eigenvalue weighted by atomic mass is 35.5. The van der Waals surface area contributed by atoms with Crippen molar-refractivity contribution in [1.82, 2.24) is 10.2 Å². The van der Waals surface area contributed by atoms with E-state index in [9.17, 15) is 18.0 Å². The Hall–Kier alpha value is -2.29. The van der Waals surface area contributed by atoms with Gasteiger partial charge in [0.15, 0.2) is 0 Å². The van der Waals surface area contributed by atoms with Crippen molar-refractivity contribution >= 4 is 50.7 Å². The molecular formula is C25H33Cl2N3O4S. The van der Waals surface area contributed by atoms with Crippen LogP contribution >= 0.6 is 23.2 Å². The van der Waals surface area contributed by atoms with Gasteiger partial charge in [-0.05, 0) is 57.9 Å². The number of nitrogens with zero attached hydrogens (tertiary/aromatic N) is 2.